The predicted octanol–water partition coefficient (Wildman–Crippen LogP) is 2.05. The maximum absolute atomic E-state index is 12.2. The van der Waals surface area contributed by atoms with Crippen LogP contribution >= 0.6 is 0 Å². The molecule has 124 valence electrons. The molecule has 0 atom stereocenters. The van der Waals surface area contributed by atoms with Gasteiger partial charge in [-0.2, -0.15) is 0 Å². The van der Waals surface area contributed by atoms with Gasteiger partial charge in [-0.1, -0.05) is 0 Å². The van der Waals surface area contributed by atoms with E-state index < -0.39 is 5.91 Å². The summed E-state index contributed by atoms with van der Waals surface area (Å²) in [6.45, 7) is 2.98. The van der Waals surface area contributed by atoms with Gasteiger partial charge >= 0.3 is 0 Å². The van der Waals surface area contributed by atoms with E-state index in [1.807, 2.05) is 19.1 Å². The molecular weight excluding hydrogens is 308 g/mol. The number of anilines is 1. The third-order valence-corrected chi connectivity index (χ3v) is 3.80. The van der Waals surface area contributed by atoms with Crippen LogP contribution in [0.25, 0.3) is 0 Å². The first kappa shape index (κ1) is 15.9. The second-order valence-corrected chi connectivity index (χ2v) is 5.59. The van der Waals surface area contributed by atoms with Crippen molar-refractivity contribution in [2.24, 2.45) is 5.73 Å². The molecule has 0 aliphatic carbocycles. The van der Waals surface area contributed by atoms with Crippen LogP contribution < -0.4 is 20.5 Å². The summed E-state index contributed by atoms with van der Waals surface area (Å²) in [6, 6.07) is 10.2. The lowest BCUT2D eigenvalue weighted by atomic mass is 10.0. The fraction of sp³-hybridized carbons (Fsp3) is 0.222. The van der Waals surface area contributed by atoms with E-state index in [0.717, 1.165) is 11.1 Å². The highest BCUT2D eigenvalue weighted by Crippen LogP contribution is 2.33. The lowest BCUT2D eigenvalue weighted by molar-refractivity contribution is -0.115. The molecule has 0 radical (unpaired) electrons. The summed E-state index contributed by atoms with van der Waals surface area (Å²) >= 11 is 0. The fourth-order valence-electron chi connectivity index (χ4n) is 2.52. The maximum Gasteiger partial charge on any atom is 0.248 e. The van der Waals surface area contributed by atoms with Crippen LogP contribution in [0.1, 0.15) is 21.5 Å². The number of nitrogens with two attached hydrogens (primary N) is 1. The van der Waals surface area contributed by atoms with Crippen molar-refractivity contribution in [1.29, 1.82) is 0 Å². The Morgan fingerprint density at radius 2 is 1.71 bits per heavy atom. The van der Waals surface area contributed by atoms with E-state index in [1.165, 1.54) is 0 Å². The van der Waals surface area contributed by atoms with E-state index in [-0.39, 0.29) is 12.3 Å². The van der Waals surface area contributed by atoms with Gasteiger partial charge in [0.2, 0.25) is 11.8 Å². The second kappa shape index (κ2) is 6.62. The van der Waals surface area contributed by atoms with Crippen LogP contribution in [0.5, 0.6) is 11.5 Å². The number of rotatable bonds is 4. The summed E-state index contributed by atoms with van der Waals surface area (Å²) in [5.41, 5.74) is 8.05. The molecule has 0 aromatic heterocycles. The quantitative estimate of drug-likeness (QED) is 0.899. The average molecular weight is 326 g/mol. The summed E-state index contributed by atoms with van der Waals surface area (Å²) in [5.74, 6) is 0.729. The van der Waals surface area contributed by atoms with Gasteiger partial charge in [0.25, 0.3) is 0 Å². The van der Waals surface area contributed by atoms with Crippen molar-refractivity contribution >= 4 is 17.5 Å². The number of ether oxygens (including phenoxy) is 2. The summed E-state index contributed by atoms with van der Waals surface area (Å²) < 4.78 is 11.1. The maximum atomic E-state index is 12.2. The number of primary amides is 1. The Kier molecular flexibility index (Phi) is 4.37. The standard InChI is InChI=1S/C18H18N2O4/c1-11-8-15-16(24-7-6-23-15)9-13(11)10-17(21)20-14-4-2-12(3-5-14)18(19)22/h2-5,8-9H,6-7,10H2,1H3,(H2,19,22)(H,20,21). The highest BCUT2D eigenvalue weighted by Gasteiger charge is 2.16. The minimum absolute atomic E-state index is 0.151. The molecule has 0 fully saturated rings. The Morgan fingerprint density at radius 3 is 2.33 bits per heavy atom. The molecule has 0 spiro atoms. The Morgan fingerprint density at radius 1 is 1.08 bits per heavy atom. The van der Waals surface area contributed by atoms with Crippen molar-refractivity contribution in [2.75, 3.05) is 18.5 Å². The van der Waals surface area contributed by atoms with Gasteiger partial charge in [0.1, 0.15) is 13.2 Å². The van der Waals surface area contributed by atoms with Gasteiger partial charge in [-0.3, -0.25) is 9.59 Å². The third kappa shape index (κ3) is 3.48. The van der Waals surface area contributed by atoms with Crippen LogP contribution in [-0.2, 0) is 11.2 Å². The number of hydrogen-bond donors (Lipinski definition) is 2. The van der Waals surface area contributed by atoms with Gasteiger partial charge in [0, 0.05) is 11.3 Å². The molecule has 0 saturated carbocycles. The predicted molar refractivity (Wildman–Crippen MR) is 89.5 cm³/mol. The number of nitrogens with one attached hydrogen (secondary N) is 1. The zero-order chi connectivity index (χ0) is 17.1. The molecular formula is C18H18N2O4. The Labute approximate surface area is 139 Å². The zero-order valence-corrected chi connectivity index (χ0v) is 13.3. The van der Waals surface area contributed by atoms with Crippen LogP contribution in [0.15, 0.2) is 36.4 Å². The van der Waals surface area contributed by atoms with Gasteiger partial charge < -0.3 is 20.5 Å². The summed E-state index contributed by atoms with van der Waals surface area (Å²) in [5, 5.41) is 2.80. The van der Waals surface area contributed by atoms with Crippen LogP contribution in [-0.4, -0.2) is 25.0 Å². The number of fused-ring (bicyclic) bond motifs is 1. The third-order valence-electron chi connectivity index (χ3n) is 3.80. The highest BCUT2D eigenvalue weighted by molar-refractivity contribution is 5.95. The lowest BCUT2D eigenvalue weighted by Crippen LogP contribution is -2.18. The van der Waals surface area contributed by atoms with Gasteiger partial charge in [-0.15, -0.1) is 0 Å². The fourth-order valence-corrected chi connectivity index (χ4v) is 2.52. The van der Waals surface area contributed by atoms with Crippen LogP contribution in [0.3, 0.4) is 0 Å². The monoisotopic (exact) mass is 326 g/mol. The average Bonchev–Trinajstić information content (AvgIpc) is 2.56. The van der Waals surface area contributed by atoms with Crippen molar-refractivity contribution in [1.82, 2.24) is 0 Å². The van der Waals surface area contributed by atoms with Crippen molar-refractivity contribution in [3.05, 3.63) is 53.1 Å². The molecule has 6 heteroatoms. The first-order chi connectivity index (χ1) is 11.5. The van der Waals surface area contributed by atoms with E-state index in [0.29, 0.717) is 36.0 Å². The molecule has 1 aliphatic rings. The van der Waals surface area contributed by atoms with Gasteiger partial charge in [-0.05, 0) is 54.4 Å². The molecule has 3 N–H and O–H groups in total. The number of amides is 2. The summed E-state index contributed by atoms with van der Waals surface area (Å²) in [4.78, 5) is 23.3. The van der Waals surface area contributed by atoms with Crippen molar-refractivity contribution < 1.29 is 19.1 Å². The van der Waals surface area contributed by atoms with E-state index >= 15 is 0 Å². The van der Waals surface area contributed by atoms with Gasteiger partial charge in [0.05, 0.1) is 6.42 Å². The normalized spacial score (nSPS) is 12.5. The van der Waals surface area contributed by atoms with Crippen LogP contribution in [0.4, 0.5) is 5.69 Å². The molecule has 2 aromatic carbocycles. The number of benzene rings is 2. The smallest absolute Gasteiger partial charge is 0.248 e. The Hall–Kier alpha value is -3.02. The minimum Gasteiger partial charge on any atom is -0.486 e. The number of carbonyl (C=O) groups excluding carboxylic acids is 2. The largest absolute Gasteiger partial charge is 0.486 e. The molecule has 0 saturated heterocycles. The molecule has 1 heterocycles. The Balaban J connectivity index is 1.69. The number of carbonyl (C=O) groups is 2. The van der Waals surface area contributed by atoms with Gasteiger partial charge in [-0.25, -0.2) is 0 Å². The van der Waals surface area contributed by atoms with Crippen molar-refractivity contribution in [3.8, 4) is 11.5 Å². The van der Waals surface area contributed by atoms with E-state index in [2.05, 4.69) is 5.32 Å². The van der Waals surface area contributed by atoms with E-state index in [4.69, 9.17) is 15.2 Å². The number of hydrogen-bond acceptors (Lipinski definition) is 4. The first-order valence-corrected chi connectivity index (χ1v) is 7.62. The topological polar surface area (TPSA) is 90.7 Å². The molecule has 1 aliphatic heterocycles. The Bertz CT molecular complexity index is 784. The molecule has 2 aromatic rings. The highest BCUT2D eigenvalue weighted by atomic mass is 16.6. The minimum atomic E-state index is -0.500. The SMILES string of the molecule is Cc1cc2c(cc1CC(=O)Nc1ccc(C(N)=O)cc1)OCCO2. The second-order valence-electron chi connectivity index (χ2n) is 5.59. The van der Waals surface area contributed by atoms with E-state index in [9.17, 15) is 9.59 Å². The zero-order valence-electron chi connectivity index (χ0n) is 13.3. The molecule has 2 amide bonds. The van der Waals surface area contributed by atoms with Crippen molar-refractivity contribution in [2.45, 2.75) is 13.3 Å². The molecule has 0 bridgehead atoms. The van der Waals surface area contributed by atoms with Crippen molar-refractivity contribution in [3.63, 3.8) is 0 Å². The first-order valence-electron chi connectivity index (χ1n) is 7.62. The lowest BCUT2D eigenvalue weighted by Gasteiger charge is -2.20. The summed E-state index contributed by atoms with van der Waals surface area (Å²) in [6.07, 6.45) is 0.222. The van der Waals surface area contributed by atoms with Gasteiger partial charge in [0.15, 0.2) is 11.5 Å². The number of aryl methyl sites for hydroxylation is 1. The molecule has 6 nitrogen and oxygen atoms in total. The van der Waals surface area contributed by atoms with Crippen LogP contribution in [0, 0.1) is 6.92 Å². The molecule has 24 heavy (non-hydrogen) atoms. The van der Waals surface area contributed by atoms with Crippen LogP contribution in [0.2, 0.25) is 0 Å². The van der Waals surface area contributed by atoms with E-state index in [1.54, 1.807) is 24.3 Å². The molecule has 3 rings (SSSR count). The molecule has 0 unspecified atom stereocenters. The summed E-state index contributed by atoms with van der Waals surface area (Å²) in [7, 11) is 0.